The molecule has 0 aliphatic rings. The van der Waals surface area contributed by atoms with Crippen LogP contribution in [0.3, 0.4) is 0 Å². The third-order valence-corrected chi connectivity index (χ3v) is 2.87. The van der Waals surface area contributed by atoms with Crippen molar-refractivity contribution in [2.45, 2.75) is 6.92 Å². The summed E-state index contributed by atoms with van der Waals surface area (Å²) in [6.45, 7) is 2.04. The second kappa shape index (κ2) is 7.50. The van der Waals surface area contributed by atoms with Crippen LogP contribution in [-0.4, -0.2) is 12.6 Å². The Morgan fingerprint density at radius 3 is 2.38 bits per heavy atom. The highest BCUT2D eigenvalue weighted by Gasteiger charge is 2.13. The standard InChI is InChI=1S/C17H15ClO3/c1-2-20-17(19)16(12-13-6-4-3-5-7-13)21-15-10-8-14(18)9-11-15/h3-12H,2H2,1H3/b16-12-. The summed E-state index contributed by atoms with van der Waals surface area (Å²) in [4.78, 5) is 12.0. The van der Waals surface area contributed by atoms with Crippen molar-refractivity contribution in [2.75, 3.05) is 6.61 Å². The van der Waals surface area contributed by atoms with E-state index in [0.717, 1.165) is 5.56 Å². The van der Waals surface area contributed by atoms with Crippen molar-refractivity contribution in [2.24, 2.45) is 0 Å². The van der Waals surface area contributed by atoms with E-state index in [1.807, 2.05) is 30.3 Å². The minimum Gasteiger partial charge on any atom is -0.460 e. The molecule has 0 aliphatic carbocycles. The normalized spacial score (nSPS) is 11.0. The lowest BCUT2D eigenvalue weighted by Crippen LogP contribution is -2.12. The van der Waals surface area contributed by atoms with Gasteiger partial charge in [-0.3, -0.25) is 0 Å². The van der Waals surface area contributed by atoms with Crippen LogP contribution in [0.5, 0.6) is 5.75 Å². The van der Waals surface area contributed by atoms with E-state index in [1.54, 1.807) is 37.3 Å². The van der Waals surface area contributed by atoms with E-state index in [-0.39, 0.29) is 12.4 Å². The average Bonchev–Trinajstić information content (AvgIpc) is 2.50. The number of benzene rings is 2. The van der Waals surface area contributed by atoms with Gasteiger partial charge in [-0.05, 0) is 42.8 Å². The molecule has 0 heterocycles. The van der Waals surface area contributed by atoms with E-state index < -0.39 is 5.97 Å². The first-order chi connectivity index (χ1) is 10.2. The Hall–Kier alpha value is -2.26. The maximum absolute atomic E-state index is 12.0. The van der Waals surface area contributed by atoms with Crippen LogP contribution in [0.4, 0.5) is 0 Å². The molecular weight excluding hydrogens is 288 g/mol. The summed E-state index contributed by atoms with van der Waals surface area (Å²) < 4.78 is 10.6. The molecule has 0 aliphatic heterocycles. The van der Waals surface area contributed by atoms with Gasteiger partial charge in [-0.25, -0.2) is 4.79 Å². The molecule has 4 heteroatoms. The lowest BCUT2D eigenvalue weighted by molar-refractivity contribution is -0.140. The Morgan fingerprint density at radius 1 is 1.10 bits per heavy atom. The summed E-state index contributed by atoms with van der Waals surface area (Å²) in [5.74, 6) is 0.149. The monoisotopic (exact) mass is 302 g/mol. The van der Waals surface area contributed by atoms with Crippen LogP contribution in [0.2, 0.25) is 5.02 Å². The topological polar surface area (TPSA) is 35.5 Å². The molecule has 0 radical (unpaired) electrons. The maximum atomic E-state index is 12.0. The van der Waals surface area contributed by atoms with Gasteiger partial charge in [0.2, 0.25) is 5.76 Å². The van der Waals surface area contributed by atoms with Gasteiger partial charge in [-0.2, -0.15) is 0 Å². The van der Waals surface area contributed by atoms with Crippen LogP contribution < -0.4 is 4.74 Å². The fraction of sp³-hybridized carbons (Fsp3) is 0.118. The predicted octanol–water partition coefficient (Wildman–Crippen LogP) is 4.32. The minimum atomic E-state index is -0.503. The molecule has 2 rings (SSSR count). The van der Waals surface area contributed by atoms with Gasteiger partial charge in [0, 0.05) is 5.02 Å². The number of esters is 1. The average molecular weight is 303 g/mol. The molecule has 2 aromatic rings. The van der Waals surface area contributed by atoms with Gasteiger partial charge in [-0.15, -0.1) is 0 Å². The second-order valence-corrected chi connectivity index (χ2v) is 4.63. The molecule has 0 spiro atoms. The Balaban J connectivity index is 2.26. The molecule has 0 amide bonds. The fourth-order valence-electron chi connectivity index (χ4n) is 1.66. The van der Waals surface area contributed by atoms with Crippen molar-refractivity contribution in [3.8, 4) is 5.75 Å². The van der Waals surface area contributed by atoms with E-state index in [0.29, 0.717) is 10.8 Å². The predicted molar refractivity (Wildman–Crippen MR) is 83.1 cm³/mol. The molecule has 0 saturated heterocycles. The van der Waals surface area contributed by atoms with Crippen LogP contribution >= 0.6 is 11.6 Å². The SMILES string of the molecule is CCOC(=O)/C(=C/c1ccccc1)Oc1ccc(Cl)cc1. The molecule has 2 aromatic carbocycles. The molecule has 0 saturated carbocycles. The molecule has 3 nitrogen and oxygen atoms in total. The summed E-state index contributed by atoms with van der Waals surface area (Å²) in [5.41, 5.74) is 0.856. The third kappa shape index (κ3) is 4.65. The molecule has 21 heavy (non-hydrogen) atoms. The Morgan fingerprint density at radius 2 is 1.76 bits per heavy atom. The highest BCUT2D eigenvalue weighted by atomic mass is 35.5. The number of carbonyl (C=O) groups excluding carboxylic acids is 1. The van der Waals surface area contributed by atoms with E-state index in [9.17, 15) is 4.79 Å². The first-order valence-electron chi connectivity index (χ1n) is 6.56. The summed E-state index contributed by atoms with van der Waals surface area (Å²) in [5, 5.41) is 0.604. The van der Waals surface area contributed by atoms with E-state index in [2.05, 4.69) is 0 Å². The van der Waals surface area contributed by atoms with Gasteiger partial charge in [0.1, 0.15) is 5.75 Å². The zero-order valence-electron chi connectivity index (χ0n) is 11.6. The van der Waals surface area contributed by atoms with Gasteiger partial charge in [0.25, 0.3) is 0 Å². The van der Waals surface area contributed by atoms with Gasteiger partial charge in [-0.1, -0.05) is 41.9 Å². The van der Waals surface area contributed by atoms with Crippen molar-refractivity contribution in [3.63, 3.8) is 0 Å². The quantitative estimate of drug-likeness (QED) is 0.469. The lowest BCUT2D eigenvalue weighted by atomic mass is 10.2. The van der Waals surface area contributed by atoms with E-state index in [4.69, 9.17) is 21.1 Å². The van der Waals surface area contributed by atoms with E-state index >= 15 is 0 Å². The van der Waals surface area contributed by atoms with Gasteiger partial charge < -0.3 is 9.47 Å². The van der Waals surface area contributed by atoms with Crippen molar-refractivity contribution in [1.29, 1.82) is 0 Å². The summed E-state index contributed by atoms with van der Waals surface area (Å²) >= 11 is 5.83. The zero-order chi connectivity index (χ0) is 15.1. The molecule has 108 valence electrons. The first-order valence-corrected chi connectivity index (χ1v) is 6.94. The van der Waals surface area contributed by atoms with Crippen molar-refractivity contribution in [1.82, 2.24) is 0 Å². The third-order valence-electron chi connectivity index (χ3n) is 2.62. The molecule has 0 fully saturated rings. The van der Waals surface area contributed by atoms with Crippen LogP contribution in [0, 0.1) is 0 Å². The van der Waals surface area contributed by atoms with Crippen LogP contribution in [0.25, 0.3) is 6.08 Å². The molecular formula is C17H15ClO3. The molecule has 0 aromatic heterocycles. The van der Waals surface area contributed by atoms with Crippen LogP contribution in [-0.2, 0) is 9.53 Å². The van der Waals surface area contributed by atoms with Crippen LogP contribution in [0.15, 0.2) is 60.4 Å². The molecule has 0 bridgehead atoms. The van der Waals surface area contributed by atoms with Gasteiger partial charge >= 0.3 is 5.97 Å². The Bertz CT molecular complexity index is 618. The summed E-state index contributed by atoms with van der Waals surface area (Å²) in [7, 11) is 0. The fourth-order valence-corrected chi connectivity index (χ4v) is 1.79. The minimum absolute atomic E-state index is 0.130. The smallest absolute Gasteiger partial charge is 0.374 e. The van der Waals surface area contributed by atoms with Crippen molar-refractivity contribution < 1.29 is 14.3 Å². The second-order valence-electron chi connectivity index (χ2n) is 4.20. The lowest BCUT2D eigenvalue weighted by Gasteiger charge is -2.09. The summed E-state index contributed by atoms with van der Waals surface area (Å²) in [6, 6.07) is 16.2. The van der Waals surface area contributed by atoms with Crippen molar-refractivity contribution >= 4 is 23.6 Å². The molecule has 0 unspecified atom stereocenters. The summed E-state index contributed by atoms with van der Waals surface area (Å²) in [6.07, 6.45) is 1.65. The maximum Gasteiger partial charge on any atom is 0.374 e. The Labute approximate surface area is 128 Å². The number of ether oxygens (including phenoxy) is 2. The first kappa shape index (κ1) is 15.1. The highest BCUT2D eigenvalue weighted by molar-refractivity contribution is 6.30. The van der Waals surface area contributed by atoms with Crippen molar-refractivity contribution in [3.05, 3.63) is 70.9 Å². The highest BCUT2D eigenvalue weighted by Crippen LogP contribution is 2.19. The molecule has 0 atom stereocenters. The molecule has 0 N–H and O–H groups in total. The largest absolute Gasteiger partial charge is 0.460 e. The number of carbonyl (C=O) groups is 1. The van der Waals surface area contributed by atoms with Crippen LogP contribution in [0.1, 0.15) is 12.5 Å². The van der Waals surface area contributed by atoms with E-state index in [1.165, 1.54) is 0 Å². The Kier molecular flexibility index (Phi) is 5.41. The zero-order valence-corrected chi connectivity index (χ0v) is 12.3. The number of halogens is 1. The number of hydrogen-bond donors (Lipinski definition) is 0. The van der Waals surface area contributed by atoms with Gasteiger partial charge in [0.05, 0.1) is 6.61 Å². The number of hydrogen-bond acceptors (Lipinski definition) is 3. The van der Waals surface area contributed by atoms with Gasteiger partial charge in [0.15, 0.2) is 0 Å². The number of rotatable bonds is 5.